The van der Waals surface area contributed by atoms with Crippen LogP contribution >= 0.6 is 0 Å². The molecule has 0 unspecified atom stereocenters. The zero-order chi connectivity index (χ0) is 22.4. The Bertz CT molecular complexity index is 1120. The minimum atomic E-state index is -0.462. The van der Waals surface area contributed by atoms with Crippen LogP contribution in [0.4, 0.5) is 10.1 Å². The third kappa shape index (κ3) is 4.92. The highest BCUT2D eigenvalue weighted by molar-refractivity contribution is 6.14. The molecule has 0 atom stereocenters. The first-order valence-electron chi connectivity index (χ1n) is 9.36. The van der Waals surface area contributed by atoms with Crippen molar-refractivity contribution in [3.63, 3.8) is 0 Å². The number of nitrogens with one attached hydrogen (secondary N) is 1. The van der Waals surface area contributed by atoms with Gasteiger partial charge in [-0.2, -0.15) is 0 Å². The summed E-state index contributed by atoms with van der Waals surface area (Å²) in [5, 5.41) is 9.02. The molecule has 0 aliphatic carbocycles. The summed E-state index contributed by atoms with van der Waals surface area (Å²) in [6, 6.07) is 11.1. The average Bonchev–Trinajstić information content (AvgIpc) is 3.30. The molecule has 5 N–H and O–H groups in total. The Balaban J connectivity index is 1.86. The zero-order valence-electron chi connectivity index (χ0n) is 17.1. The Morgan fingerprint density at radius 3 is 2.71 bits per heavy atom. The summed E-state index contributed by atoms with van der Waals surface area (Å²) < 4.78 is 29.3. The van der Waals surface area contributed by atoms with Gasteiger partial charge in [-0.3, -0.25) is 10.2 Å². The molecule has 31 heavy (non-hydrogen) atoms. The molecule has 0 saturated carbocycles. The highest BCUT2D eigenvalue weighted by Gasteiger charge is 2.22. The Morgan fingerprint density at radius 2 is 2.03 bits per heavy atom. The predicted molar refractivity (Wildman–Crippen MR) is 115 cm³/mol. The molecule has 1 aromatic heterocycles. The van der Waals surface area contributed by atoms with Crippen LogP contribution in [0.3, 0.4) is 0 Å². The van der Waals surface area contributed by atoms with Crippen molar-refractivity contribution >= 4 is 23.4 Å². The van der Waals surface area contributed by atoms with Gasteiger partial charge < -0.3 is 24.9 Å². The number of benzene rings is 2. The minimum absolute atomic E-state index is 0.119. The van der Waals surface area contributed by atoms with E-state index in [2.05, 4.69) is 5.32 Å². The number of carbonyl (C=O) groups excluding carboxylic acids is 1. The molecule has 0 aliphatic heterocycles. The molecule has 0 bridgehead atoms. The molecule has 0 radical (unpaired) electrons. The molecule has 1 heterocycles. The smallest absolute Gasteiger partial charge is 0.255 e. The first-order chi connectivity index (χ1) is 14.9. The van der Waals surface area contributed by atoms with Gasteiger partial charge in [0.1, 0.15) is 17.1 Å². The Hall–Kier alpha value is -4.07. The molecule has 0 fully saturated rings. The molecule has 0 saturated heterocycles. The van der Waals surface area contributed by atoms with Crippen LogP contribution in [0.15, 0.2) is 59.2 Å². The fraction of sp³-hybridized carbons (Fsp3) is 0.130. The second kappa shape index (κ2) is 9.62. The van der Waals surface area contributed by atoms with Crippen LogP contribution < -0.4 is 25.9 Å². The van der Waals surface area contributed by atoms with Gasteiger partial charge in [0.2, 0.25) is 5.71 Å². The van der Waals surface area contributed by atoms with E-state index in [4.69, 9.17) is 25.0 Å². The van der Waals surface area contributed by atoms with Crippen molar-refractivity contribution in [2.75, 3.05) is 20.0 Å². The summed E-state index contributed by atoms with van der Waals surface area (Å²) in [6.45, 7) is 0.222. The van der Waals surface area contributed by atoms with Crippen LogP contribution in [0.25, 0.3) is 6.08 Å². The lowest BCUT2D eigenvalue weighted by molar-refractivity contribution is -0.111. The largest absolute Gasteiger partial charge is 0.495 e. The topological polar surface area (TPSA) is 112 Å². The number of carbonyl (C=O) groups is 1. The van der Waals surface area contributed by atoms with E-state index in [-0.39, 0.29) is 35.2 Å². The van der Waals surface area contributed by atoms with Gasteiger partial charge >= 0.3 is 0 Å². The van der Waals surface area contributed by atoms with Crippen LogP contribution in [0.2, 0.25) is 0 Å². The van der Waals surface area contributed by atoms with E-state index >= 15 is 0 Å². The quantitative estimate of drug-likeness (QED) is 0.379. The van der Waals surface area contributed by atoms with Gasteiger partial charge in [0.25, 0.3) is 5.91 Å². The van der Waals surface area contributed by atoms with E-state index in [0.717, 1.165) is 0 Å². The van der Waals surface area contributed by atoms with Crippen LogP contribution in [-0.4, -0.2) is 25.8 Å². The predicted octanol–water partition coefficient (Wildman–Crippen LogP) is 2.21. The molecule has 2 aromatic carbocycles. The van der Waals surface area contributed by atoms with Crippen LogP contribution in [0.5, 0.6) is 11.5 Å². The van der Waals surface area contributed by atoms with Crippen molar-refractivity contribution in [2.24, 2.45) is 0 Å². The fourth-order valence-corrected chi connectivity index (χ4v) is 3.01. The highest BCUT2D eigenvalue weighted by Crippen LogP contribution is 2.29. The molecular weight excluding hydrogens is 401 g/mol. The summed E-state index contributed by atoms with van der Waals surface area (Å²) >= 11 is 0. The summed E-state index contributed by atoms with van der Waals surface area (Å²) in [4.78, 5) is 12.7. The number of rotatable bonds is 8. The van der Waals surface area contributed by atoms with Gasteiger partial charge in [-0.25, -0.2) is 4.39 Å². The van der Waals surface area contributed by atoms with Gasteiger partial charge in [-0.1, -0.05) is 6.07 Å². The standard InChI is InChI=1S/C23H22FN3O4/c1-29-20-12-14(5-8-17(20)24)6-9-18(25)21-19(26)10-7-16(22(21)30-2)23(28)27-13-15-4-3-11-31-15/h3-12,25H,13,26H2,1-2H3,(H,27,28)/p+1/b9-6+,25-18?. The number of furan rings is 1. The zero-order valence-corrected chi connectivity index (χ0v) is 17.1. The minimum Gasteiger partial charge on any atom is -0.495 e. The molecular formula is C23H23FN3O4+. The van der Waals surface area contributed by atoms with Crippen molar-refractivity contribution in [1.29, 1.82) is 0 Å². The summed E-state index contributed by atoms with van der Waals surface area (Å²) in [7, 11) is 2.82. The molecule has 8 heteroatoms. The molecule has 160 valence electrons. The fourth-order valence-electron chi connectivity index (χ4n) is 3.01. The van der Waals surface area contributed by atoms with Crippen LogP contribution in [-0.2, 0) is 6.54 Å². The second-order valence-corrected chi connectivity index (χ2v) is 6.56. The Kier molecular flexibility index (Phi) is 6.71. The van der Waals surface area contributed by atoms with Crippen LogP contribution in [0.1, 0.15) is 27.2 Å². The summed E-state index contributed by atoms with van der Waals surface area (Å²) in [5.74, 6) is 0.154. The molecule has 3 rings (SSSR count). The maximum absolute atomic E-state index is 13.6. The molecule has 1 amide bonds. The van der Waals surface area contributed by atoms with Gasteiger partial charge in [0.15, 0.2) is 11.6 Å². The van der Waals surface area contributed by atoms with E-state index in [9.17, 15) is 9.18 Å². The number of ether oxygens (including phenoxy) is 2. The van der Waals surface area contributed by atoms with E-state index in [1.807, 2.05) is 0 Å². The maximum Gasteiger partial charge on any atom is 0.255 e. The highest BCUT2D eigenvalue weighted by atomic mass is 19.1. The van der Waals surface area contributed by atoms with Crippen molar-refractivity contribution < 1.29 is 28.5 Å². The van der Waals surface area contributed by atoms with E-state index in [1.54, 1.807) is 42.5 Å². The molecule has 3 aromatic rings. The number of methoxy groups -OCH3 is 2. The Morgan fingerprint density at radius 1 is 1.23 bits per heavy atom. The van der Waals surface area contributed by atoms with Gasteiger partial charge in [0.05, 0.1) is 32.6 Å². The number of halogens is 1. The van der Waals surface area contributed by atoms with E-state index in [1.165, 1.54) is 32.6 Å². The molecule has 0 aliphatic rings. The van der Waals surface area contributed by atoms with E-state index in [0.29, 0.717) is 22.6 Å². The van der Waals surface area contributed by atoms with Crippen molar-refractivity contribution in [3.8, 4) is 11.5 Å². The maximum atomic E-state index is 13.6. The van der Waals surface area contributed by atoms with Gasteiger partial charge in [-0.05, 0) is 48.0 Å². The molecule has 7 nitrogen and oxygen atoms in total. The summed E-state index contributed by atoms with van der Waals surface area (Å²) in [6.07, 6.45) is 4.81. The lowest BCUT2D eigenvalue weighted by Gasteiger charge is -2.13. The third-order valence-electron chi connectivity index (χ3n) is 4.56. The number of nitrogens with two attached hydrogens (primary N) is 2. The normalized spacial score (nSPS) is 10.8. The number of hydrogen-bond donors (Lipinski definition) is 3. The van der Waals surface area contributed by atoms with Crippen molar-refractivity contribution in [3.05, 3.63) is 83.1 Å². The second-order valence-electron chi connectivity index (χ2n) is 6.56. The summed E-state index contributed by atoms with van der Waals surface area (Å²) in [5.41, 5.74) is 8.08. The first-order valence-corrected chi connectivity index (χ1v) is 9.36. The lowest BCUT2D eigenvalue weighted by atomic mass is 10.0. The number of amides is 1. The average molecular weight is 424 g/mol. The third-order valence-corrected chi connectivity index (χ3v) is 4.56. The SMILES string of the molecule is COc1cc(/C=C/C(=[NH2+])c2c(N)ccc(C(=O)NCc3ccco3)c2OC)ccc1F. The van der Waals surface area contributed by atoms with E-state index < -0.39 is 5.82 Å². The Labute approximate surface area is 178 Å². The van der Waals surface area contributed by atoms with Crippen molar-refractivity contribution in [1.82, 2.24) is 5.32 Å². The van der Waals surface area contributed by atoms with Crippen molar-refractivity contribution in [2.45, 2.75) is 6.54 Å². The number of anilines is 1. The van der Waals surface area contributed by atoms with Crippen LogP contribution in [0, 0.1) is 5.82 Å². The lowest BCUT2D eigenvalue weighted by Crippen LogP contribution is -2.40. The first kappa shape index (κ1) is 21.6. The van der Waals surface area contributed by atoms with Gasteiger partial charge in [0, 0.05) is 11.8 Å². The number of hydrogen-bond acceptors (Lipinski definition) is 5. The monoisotopic (exact) mass is 424 g/mol. The number of nitrogen functional groups attached to an aromatic ring is 1. The number of allylic oxidation sites excluding steroid dienone is 1. The van der Waals surface area contributed by atoms with Gasteiger partial charge in [-0.15, -0.1) is 0 Å². The molecule has 0 spiro atoms.